The van der Waals surface area contributed by atoms with Gasteiger partial charge in [0.2, 0.25) is 0 Å². The van der Waals surface area contributed by atoms with Crippen LogP contribution in [0, 0.1) is 18.8 Å². The van der Waals surface area contributed by atoms with Gasteiger partial charge in [-0.05, 0) is 55.5 Å². The predicted molar refractivity (Wildman–Crippen MR) is 122 cm³/mol. The molecular weight excluding hydrogens is 467 g/mol. The Labute approximate surface area is 196 Å². The second-order valence-corrected chi connectivity index (χ2v) is 8.59. The highest BCUT2D eigenvalue weighted by Gasteiger charge is 2.31. The molecule has 11 heteroatoms. The lowest BCUT2D eigenvalue weighted by atomic mass is 10.0. The lowest BCUT2D eigenvalue weighted by Gasteiger charge is -2.09. The van der Waals surface area contributed by atoms with Gasteiger partial charge in [-0.25, -0.2) is 14.8 Å². The van der Waals surface area contributed by atoms with Crippen molar-refractivity contribution in [2.24, 2.45) is 0 Å². The van der Waals surface area contributed by atoms with Crippen LogP contribution in [0.2, 0.25) is 0 Å². The van der Waals surface area contributed by atoms with Crippen molar-refractivity contribution >= 4 is 34.2 Å². The Hall–Kier alpha value is -3.91. The molecule has 4 rings (SSSR count). The lowest BCUT2D eigenvalue weighted by molar-refractivity contribution is -0.137. The number of carbonyl (C=O) groups is 2. The zero-order valence-corrected chi connectivity index (χ0v) is 18.6. The van der Waals surface area contributed by atoms with E-state index < -0.39 is 17.6 Å². The second kappa shape index (κ2) is 9.52. The van der Waals surface area contributed by atoms with E-state index in [0.717, 1.165) is 36.7 Å². The fraction of sp³-hybridized carbons (Fsp3) is 0.217. The first-order valence-corrected chi connectivity index (χ1v) is 11.0. The van der Waals surface area contributed by atoms with Gasteiger partial charge >= 0.3 is 12.2 Å². The Morgan fingerprint density at radius 2 is 1.88 bits per heavy atom. The van der Waals surface area contributed by atoms with Crippen LogP contribution in [0.15, 0.2) is 42.7 Å². The van der Waals surface area contributed by atoms with Gasteiger partial charge in [0.15, 0.2) is 5.13 Å². The number of nitrogens with one attached hydrogen (secondary N) is 3. The van der Waals surface area contributed by atoms with E-state index in [1.54, 1.807) is 18.2 Å². The first-order valence-electron chi connectivity index (χ1n) is 10.2. The van der Waals surface area contributed by atoms with Crippen molar-refractivity contribution in [3.8, 4) is 11.8 Å². The molecule has 1 aromatic carbocycles. The number of hydrogen-bond donors (Lipinski definition) is 3. The van der Waals surface area contributed by atoms with E-state index in [2.05, 4.69) is 37.8 Å². The van der Waals surface area contributed by atoms with E-state index in [1.807, 2.05) is 6.92 Å². The molecule has 7 nitrogen and oxygen atoms in total. The van der Waals surface area contributed by atoms with E-state index >= 15 is 0 Å². The van der Waals surface area contributed by atoms with Crippen molar-refractivity contribution in [3.63, 3.8) is 0 Å². The van der Waals surface area contributed by atoms with Crippen LogP contribution in [0.3, 0.4) is 0 Å². The molecule has 1 saturated carbocycles. The van der Waals surface area contributed by atoms with E-state index in [9.17, 15) is 22.8 Å². The molecule has 0 aliphatic heterocycles. The van der Waals surface area contributed by atoms with Crippen LogP contribution < -0.4 is 16.0 Å². The SMILES string of the molecule is Cc1ccc(C(=O)Nc2cc(C(F)(F)F)ccn2)cc1C#Cc1cnc(NC(=O)NC2CC2)s1. The van der Waals surface area contributed by atoms with Gasteiger partial charge in [0.1, 0.15) is 5.82 Å². The molecule has 0 unspecified atom stereocenters. The lowest BCUT2D eigenvalue weighted by Crippen LogP contribution is -2.30. The van der Waals surface area contributed by atoms with Crippen molar-refractivity contribution in [3.05, 3.63) is 69.9 Å². The maximum absolute atomic E-state index is 12.9. The monoisotopic (exact) mass is 485 g/mol. The summed E-state index contributed by atoms with van der Waals surface area (Å²) in [5, 5.41) is 8.26. The van der Waals surface area contributed by atoms with Gasteiger partial charge in [-0.15, -0.1) is 0 Å². The summed E-state index contributed by atoms with van der Waals surface area (Å²) in [5.41, 5.74) is 0.696. The van der Waals surface area contributed by atoms with Crippen LogP contribution in [0.4, 0.5) is 28.9 Å². The number of carbonyl (C=O) groups excluding carboxylic acids is 2. The number of hydrogen-bond acceptors (Lipinski definition) is 5. The Morgan fingerprint density at radius 1 is 1.09 bits per heavy atom. The van der Waals surface area contributed by atoms with Crippen molar-refractivity contribution in [2.75, 3.05) is 10.6 Å². The molecule has 34 heavy (non-hydrogen) atoms. The van der Waals surface area contributed by atoms with Gasteiger partial charge in [-0.3, -0.25) is 10.1 Å². The van der Waals surface area contributed by atoms with Crippen molar-refractivity contribution in [2.45, 2.75) is 32.0 Å². The highest BCUT2D eigenvalue weighted by atomic mass is 32.1. The third-order valence-corrected chi connectivity index (χ3v) is 5.62. The van der Waals surface area contributed by atoms with E-state index in [0.29, 0.717) is 15.6 Å². The summed E-state index contributed by atoms with van der Waals surface area (Å²) >= 11 is 1.21. The Kier molecular flexibility index (Phi) is 6.51. The summed E-state index contributed by atoms with van der Waals surface area (Å²) in [5.74, 6) is 5.11. The van der Waals surface area contributed by atoms with Crippen LogP contribution in [0.5, 0.6) is 0 Å². The van der Waals surface area contributed by atoms with E-state index in [1.165, 1.54) is 17.5 Å². The normalized spacial score (nSPS) is 12.9. The first kappa shape index (κ1) is 23.3. The number of aromatic nitrogens is 2. The minimum absolute atomic E-state index is 0.205. The largest absolute Gasteiger partial charge is 0.416 e. The number of halogens is 3. The summed E-state index contributed by atoms with van der Waals surface area (Å²) in [6.45, 7) is 1.82. The topological polar surface area (TPSA) is 96.0 Å². The number of nitrogens with zero attached hydrogens (tertiary/aromatic N) is 2. The maximum atomic E-state index is 12.9. The molecule has 3 N–H and O–H groups in total. The van der Waals surface area contributed by atoms with Crippen molar-refractivity contribution in [1.29, 1.82) is 0 Å². The summed E-state index contributed by atoms with van der Waals surface area (Å²) in [7, 11) is 0. The number of urea groups is 1. The molecule has 3 amide bonds. The number of amides is 3. The molecule has 0 spiro atoms. The Balaban J connectivity index is 1.45. The smallest absolute Gasteiger partial charge is 0.335 e. The molecule has 0 saturated heterocycles. The minimum atomic E-state index is -4.54. The Bertz CT molecular complexity index is 1310. The van der Waals surface area contributed by atoms with Gasteiger partial charge in [-0.1, -0.05) is 23.3 Å². The molecular formula is C23H18F3N5O2S. The number of benzene rings is 1. The van der Waals surface area contributed by atoms with Gasteiger partial charge in [-0.2, -0.15) is 13.2 Å². The number of anilines is 2. The zero-order valence-electron chi connectivity index (χ0n) is 17.8. The molecule has 1 aliphatic carbocycles. The number of alkyl halides is 3. The highest BCUT2D eigenvalue weighted by Crippen LogP contribution is 2.30. The van der Waals surface area contributed by atoms with Gasteiger partial charge < -0.3 is 10.6 Å². The maximum Gasteiger partial charge on any atom is 0.416 e. The fourth-order valence-electron chi connectivity index (χ4n) is 2.83. The average molecular weight is 485 g/mol. The third kappa shape index (κ3) is 6.11. The molecule has 2 heterocycles. The third-order valence-electron chi connectivity index (χ3n) is 4.79. The van der Waals surface area contributed by atoms with Crippen LogP contribution in [0.1, 0.15) is 44.8 Å². The standard InChI is InChI=1S/C23H18F3N5O2S/c1-13-2-3-15(20(32)30-19-11-16(8-9-27-19)23(24,25)26)10-14(13)4-7-18-12-28-22(34-18)31-21(33)29-17-5-6-17/h2-3,8-12,17H,5-6H2,1H3,(H,27,30,32)(H2,28,29,31,33). The minimum Gasteiger partial charge on any atom is -0.335 e. The van der Waals surface area contributed by atoms with E-state index in [4.69, 9.17) is 0 Å². The molecule has 0 bridgehead atoms. The van der Waals surface area contributed by atoms with Gasteiger partial charge in [0.05, 0.1) is 16.6 Å². The highest BCUT2D eigenvalue weighted by molar-refractivity contribution is 7.16. The van der Waals surface area contributed by atoms with Crippen LogP contribution in [-0.2, 0) is 6.18 Å². The molecule has 0 radical (unpaired) electrons. The molecule has 1 fully saturated rings. The van der Waals surface area contributed by atoms with Crippen molar-refractivity contribution < 1.29 is 22.8 Å². The van der Waals surface area contributed by atoms with Crippen LogP contribution in [0.25, 0.3) is 0 Å². The van der Waals surface area contributed by atoms with Gasteiger partial charge in [0, 0.05) is 23.4 Å². The first-order chi connectivity index (χ1) is 16.2. The van der Waals surface area contributed by atoms with E-state index in [-0.39, 0.29) is 23.5 Å². The molecule has 1 aliphatic rings. The molecule has 0 atom stereocenters. The number of pyridine rings is 1. The van der Waals surface area contributed by atoms with Crippen LogP contribution >= 0.6 is 11.3 Å². The summed E-state index contributed by atoms with van der Waals surface area (Å²) < 4.78 is 38.7. The molecule has 3 aromatic rings. The number of rotatable bonds is 4. The second-order valence-electron chi connectivity index (χ2n) is 7.56. The summed E-state index contributed by atoms with van der Waals surface area (Å²) in [4.78, 5) is 32.9. The van der Waals surface area contributed by atoms with Crippen LogP contribution in [-0.4, -0.2) is 27.9 Å². The predicted octanol–water partition coefficient (Wildman–Crippen LogP) is 4.80. The summed E-state index contributed by atoms with van der Waals surface area (Å²) in [6, 6.07) is 6.32. The van der Waals surface area contributed by atoms with Crippen molar-refractivity contribution in [1.82, 2.24) is 15.3 Å². The fourth-order valence-corrected chi connectivity index (χ4v) is 3.49. The quantitative estimate of drug-likeness (QED) is 0.463. The number of aryl methyl sites for hydroxylation is 1. The average Bonchev–Trinajstić information content (AvgIpc) is 3.48. The zero-order chi connectivity index (χ0) is 24.3. The number of thiazole rings is 1. The Morgan fingerprint density at radius 3 is 2.62 bits per heavy atom. The summed E-state index contributed by atoms with van der Waals surface area (Å²) in [6.07, 6.45) is -0.0558. The molecule has 174 valence electrons. The molecule has 2 aromatic heterocycles. The van der Waals surface area contributed by atoms with Gasteiger partial charge in [0.25, 0.3) is 5.91 Å².